The van der Waals surface area contributed by atoms with Gasteiger partial charge in [0.15, 0.2) is 0 Å². The predicted octanol–water partition coefficient (Wildman–Crippen LogP) is 3.59. The maximum atomic E-state index is 10.9. The summed E-state index contributed by atoms with van der Waals surface area (Å²) in [7, 11) is 0. The minimum Gasteiger partial charge on any atom is -0.299 e. The zero-order chi connectivity index (χ0) is 13.1. The summed E-state index contributed by atoms with van der Waals surface area (Å²) < 4.78 is 0.619. The summed E-state index contributed by atoms with van der Waals surface area (Å²) in [6, 6.07) is 5.24. The van der Waals surface area contributed by atoms with Gasteiger partial charge in [0.05, 0.1) is 9.40 Å². The molecule has 1 saturated heterocycles. The number of halogens is 1. The molecule has 1 unspecified atom stereocenters. The van der Waals surface area contributed by atoms with E-state index in [0.717, 1.165) is 31.1 Å². The van der Waals surface area contributed by atoms with E-state index >= 15 is 0 Å². The van der Waals surface area contributed by atoms with Crippen LogP contribution in [-0.4, -0.2) is 22.9 Å². The molecule has 1 aliphatic rings. The van der Waals surface area contributed by atoms with Gasteiger partial charge in [0.2, 0.25) is 0 Å². The van der Waals surface area contributed by atoms with Crippen LogP contribution in [0.5, 0.6) is 0 Å². The van der Waals surface area contributed by atoms with Gasteiger partial charge in [0, 0.05) is 19.2 Å². The minimum atomic E-state index is -0.341. The van der Waals surface area contributed by atoms with Gasteiger partial charge in [-0.15, -0.1) is 0 Å². The molecule has 1 heterocycles. The molecule has 0 amide bonds. The van der Waals surface area contributed by atoms with E-state index in [1.807, 2.05) is 6.07 Å². The Bertz CT molecular complexity index is 451. The summed E-state index contributed by atoms with van der Waals surface area (Å²) in [6.07, 6.45) is 2.50. The molecule has 0 radical (unpaired) electrons. The van der Waals surface area contributed by atoms with E-state index in [0.29, 0.717) is 4.47 Å². The second-order valence-corrected chi connectivity index (χ2v) is 5.78. The molecule has 2 rings (SSSR count). The number of rotatable bonds is 3. The van der Waals surface area contributed by atoms with Crippen LogP contribution < -0.4 is 0 Å². The predicted molar refractivity (Wildman–Crippen MR) is 74.5 cm³/mol. The molecule has 1 aromatic carbocycles. The van der Waals surface area contributed by atoms with Crippen LogP contribution in [-0.2, 0) is 6.54 Å². The number of benzene rings is 1. The number of hydrogen-bond donors (Lipinski definition) is 0. The molecule has 1 fully saturated rings. The van der Waals surface area contributed by atoms with Crippen molar-refractivity contribution < 1.29 is 4.92 Å². The van der Waals surface area contributed by atoms with Crippen LogP contribution >= 0.6 is 15.9 Å². The van der Waals surface area contributed by atoms with Crippen molar-refractivity contribution in [1.82, 2.24) is 4.90 Å². The van der Waals surface area contributed by atoms with E-state index in [2.05, 4.69) is 27.8 Å². The average Bonchev–Trinajstić information content (AvgIpc) is 2.31. The molecule has 18 heavy (non-hydrogen) atoms. The summed E-state index contributed by atoms with van der Waals surface area (Å²) in [6.45, 7) is 5.20. The first-order valence-electron chi connectivity index (χ1n) is 6.22. The fourth-order valence-corrected chi connectivity index (χ4v) is 3.04. The summed E-state index contributed by atoms with van der Waals surface area (Å²) in [5.41, 5.74) is 1.15. The molecule has 98 valence electrons. The second-order valence-electron chi connectivity index (χ2n) is 4.99. The smallest absolute Gasteiger partial charge is 0.283 e. The normalized spacial score (nSPS) is 20.9. The van der Waals surface area contributed by atoms with Gasteiger partial charge in [-0.05, 0) is 46.8 Å². The summed E-state index contributed by atoms with van der Waals surface area (Å²) in [4.78, 5) is 12.9. The zero-order valence-corrected chi connectivity index (χ0v) is 12.0. The Morgan fingerprint density at radius 3 is 3.00 bits per heavy atom. The largest absolute Gasteiger partial charge is 0.299 e. The Kier molecular flexibility index (Phi) is 4.35. The van der Waals surface area contributed by atoms with E-state index in [1.165, 1.54) is 18.9 Å². The molecule has 0 N–H and O–H groups in total. The van der Waals surface area contributed by atoms with Crippen LogP contribution in [0.1, 0.15) is 25.3 Å². The highest BCUT2D eigenvalue weighted by Crippen LogP contribution is 2.30. The lowest BCUT2D eigenvalue weighted by Gasteiger charge is -2.31. The first-order valence-corrected chi connectivity index (χ1v) is 7.01. The van der Waals surface area contributed by atoms with E-state index in [4.69, 9.17) is 0 Å². The van der Waals surface area contributed by atoms with Crippen molar-refractivity contribution in [2.75, 3.05) is 13.1 Å². The van der Waals surface area contributed by atoms with Gasteiger partial charge in [-0.3, -0.25) is 15.0 Å². The summed E-state index contributed by atoms with van der Waals surface area (Å²) in [5.74, 6) is 0.719. The van der Waals surface area contributed by atoms with Crippen molar-refractivity contribution in [2.45, 2.75) is 26.3 Å². The Morgan fingerprint density at radius 1 is 1.56 bits per heavy atom. The zero-order valence-electron chi connectivity index (χ0n) is 10.4. The Morgan fingerprint density at radius 2 is 2.33 bits per heavy atom. The monoisotopic (exact) mass is 312 g/mol. The molecule has 0 spiro atoms. The molecule has 0 bridgehead atoms. The van der Waals surface area contributed by atoms with Gasteiger partial charge < -0.3 is 0 Å². The quantitative estimate of drug-likeness (QED) is 0.633. The van der Waals surface area contributed by atoms with Crippen molar-refractivity contribution in [3.05, 3.63) is 38.3 Å². The molecule has 0 aromatic heterocycles. The number of nitro benzene ring substituents is 1. The van der Waals surface area contributed by atoms with Crippen LogP contribution in [0, 0.1) is 16.0 Å². The fraction of sp³-hybridized carbons (Fsp3) is 0.538. The molecular weight excluding hydrogens is 296 g/mol. The van der Waals surface area contributed by atoms with Gasteiger partial charge in [-0.1, -0.05) is 19.1 Å². The molecule has 1 atom stereocenters. The highest BCUT2D eigenvalue weighted by molar-refractivity contribution is 9.10. The SMILES string of the molecule is CC1CCCN(Cc2cccc([N+](=O)[O-])c2Br)C1. The van der Waals surface area contributed by atoms with Crippen LogP contribution in [0.4, 0.5) is 5.69 Å². The van der Waals surface area contributed by atoms with Gasteiger partial charge in [0.1, 0.15) is 0 Å². The number of piperidine rings is 1. The number of likely N-dealkylation sites (tertiary alicyclic amines) is 1. The van der Waals surface area contributed by atoms with Gasteiger partial charge >= 0.3 is 0 Å². The number of nitrogens with zero attached hydrogens (tertiary/aromatic N) is 2. The molecule has 1 aromatic rings. The molecule has 5 heteroatoms. The van der Waals surface area contributed by atoms with E-state index < -0.39 is 0 Å². The Balaban J connectivity index is 2.14. The molecule has 1 aliphatic heterocycles. The van der Waals surface area contributed by atoms with Gasteiger partial charge in [-0.2, -0.15) is 0 Å². The standard InChI is InChI=1S/C13H17BrN2O2/c1-10-4-3-7-15(8-10)9-11-5-2-6-12(13(11)14)16(17)18/h2,5-6,10H,3-4,7-9H2,1H3. The number of nitro groups is 1. The van der Waals surface area contributed by atoms with E-state index in [9.17, 15) is 10.1 Å². The van der Waals surface area contributed by atoms with Gasteiger partial charge in [0.25, 0.3) is 5.69 Å². The highest BCUT2D eigenvalue weighted by Gasteiger charge is 2.20. The minimum absolute atomic E-state index is 0.151. The van der Waals surface area contributed by atoms with Crippen molar-refractivity contribution in [3.8, 4) is 0 Å². The second kappa shape index (κ2) is 5.80. The maximum Gasteiger partial charge on any atom is 0.283 e. The topological polar surface area (TPSA) is 46.4 Å². The van der Waals surface area contributed by atoms with Crippen LogP contribution in [0.2, 0.25) is 0 Å². The number of hydrogen-bond acceptors (Lipinski definition) is 3. The third-order valence-corrected chi connectivity index (χ3v) is 4.31. The van der Waals surface area contributed by atoms with Crippen LogP contribution in [0.3, 0.4) is 0 Å². The van der Waals surface area contributed by atoms with Crippen LogP contribution in [0.25, 0.3) is 0 Å². The fourth-order valence-electron chi connectivity index (χ4n) is 2.50. The lowest BCUT2D eigenvalue weighted by Crippen LogP contribution is -2.33. The van der Waals surface area contributed by atoms with E-state index in [1.54, 1.807) is 6.07 Å². The molecule has 4 nitrogen and oxygen atoms in total. The Hall–Kier alpha value is -0.940. The van der Waals surface area contributed by atoms with E-state index in [-0.39, 0.29) is 10.6 Å². The highest BCUT2D eigenvalue weighted by atomic mass is 79.9. The van der Waals surface area contributed by atoms with Crippen molar-refractivity contribution in [2.24, 2.45) is 5.92 Å². The third-order valence-electron chi connectivity index (χ3n) is 3.39. The van der Waals surface area contributed by atoms with Crippen LogP contribution in [0.15, 0.2) is 22.7 Å². The van der Waals surface area contributed by atoms with Gasteiger partial charge in [-0.25, -0.2) is 0 Å². The lowest BCUT2D eigenvalue weighted by atomic mass is 10.00. The maximum absolute atomic E-state index is 10.9. The molecule has 0 saturated carbocycles. The van der Waals surface area contributed by atoms with Crippen molar-refractivity contribution in [3.63, 3.8) is 0 Å². The lowest BCUT2D eigenvalue weighted by molar-refractivity contribution is -0.385. The molecule has 0 aliphatic carbocycles. The Labute approximate surface area is 115 Å². The molecular formula is C13H17BrN2O2. The average molecular weight is 313 g/mol. The van der Waals surface area contributed by atoms with Crippen molar-refractivity contribution >= 4 is 21.6 Å². The van der Waals surface area contributed by atoms with Crippen molar-refractivity contribution in [1.29, 1.82) is 0 Å². The first-order chi connectivity index (χ1) is 8.58. The third kappa shape index (κ3) is 3.09. The summed E-state index contributed by atoms with van der Waals surface area (Å²) in [5, 5.41) is 10.9. The summed E-state index contributed by atoms with van der Waals surface area (Å²) >= 11 is 3.36. The first kappa shape index (κ1) is 13.5.